The standard InChI is InChI=1S/C14H20N2O2/c1-10-8-11(4-5-12(10)17)13(18)15-9-14(2)6-3-7-16-14/h4-5,8,16-17H,3,6-7,9H2,1-2H3,(H,15,18). The number of benzene rings is 1. The van der Waals surface area contributed by atoms with E-state index in [2.05, 4.69) is 17.6 Å². The average molecular weight is 248 g/mol. The number of aryl methyl sites for hydroxylation is 1. The summed E-state index contributed by atoms with van der Waals surface area (Å²) in [5, 5.41) is 15.8. The minimum Gasteiger partial charge on any atom is -0.508 e. The van der Waals surface area contributed by atoms with Crippen molar-refractivity contribution < 1.29 is 9.90 Å². The van der Waals surface area contributed by atoms with E-state index < -0.39 is 0 Å². The molecule has 0 radical (unpaired) electrons. The second-order valence-corrected chi connectivity index (χ2v) is 5.27. The topological polar surface area (TPSA) is 61.4 Å². The van der Waals surface area contributed by atoms with Crippen molar-refractivity contribution in [2.45, 2.75) is 32.2 Å². The number of phenols is 1. The highest BCUT2D eigenvalue weighted by atomic mass is 16.3. The Morgan fingerprint density at radius 2 is 2.33 bits per heavy atom. The first kappa shape index (κ1) is 12.9. The van der Waals surface area contributed by atoms with Crippen LogP contribution >= 0.6 is 0 Å². The van der Waals surface area contributed by atoms with Crippen LogP contribution in [0.1, 0.15) is 35.7 Å². The highest BCUT2D eigenvalue weighted by Gasteiger charge is 2.28. The third kappa shape index (κ3) is 2.82. The van der Waals surface area contributed by atoms with Crippen LogP contribution in [-0.4, -0.2) is 29.6 Å². The molecule has 1 aromatic rings. The van der Waals surface area contributed by atoms with E-state index in [0.717, 1.165) is 19.4 Å². The van der Waals surface area contributed by atoms with E-state index >= 15 is 0 Å². The molecule has 1 aromatic carbocycles. The molecule has 1 unspecified atom stereocenters. The molecule has 3 N–H and O–H groups in total. The number of nitrogens with one attached hydrogen (secondary N) is 2. The molecule has 0 aromatic heterocycles. The van der Waals surface area contributed by atoms with Gasteiger partial charge in [-0.3, -0.25) is 4.79 Å². The summed E-state index contributed by atoms with van der Waals surface area (Å²) in [5.41, 5.74) is 1.32. The van der Waals surface area contributed by atoms with Gasteiger partial charge < -0.3 is 15.7 Å². The van der Waals surface area contributed by atoms with Crippen LogP contribution in [0.2, 0.25) is 0 Å². The normalized spacial score (nSPS) is 23.0. The highest BCUT2D eigenvalue weighted by Crippen LogP contribution is 2.19. The van der Waals surface area contributed by atoms with Crippen molar-refractivity contribution in [2.75, 3.05) is 13.1 Å². The van der Waals surface area contributed by atoms with Crippen molar-refractivity contribution in [3.05, 3.63) is 29.3 Å². The van der Waals surface area contributed by atoms with E-state index in [1.54, 1.807) is 25.1 Å². The van der Waals surface area contributed by atoms with Gasteiger partial charge in [0.15, 0.2) is 0 Å². The van der Waals surface area contributed by atoms with Crippen LogP contribution in [0.3, 0.4) is 0 Å². The molecular formula is C14H20N2O2. The number of carbonyl (C=O) groups excluding carboxylic acids is 1. The molecule has 1 fully saturated rings. The number of hydrogen-bond acceptors (Lipinski definition) is 3. The zero-order chi connectivity index (χ0) is 13.2. The number of hydrogen-bond donors (Lipinski definition) is 3. The molecule has 1 atom stereocenters. The lowest BCUT2D eigenvalue weighted by Gasteiger charge is -2.24. The molecule has 0 spiro atoms. The maximum Gasteiger partial charge on any atom is 0.251 e. The van der Waals surface area contributed by atoms with Gasteiger partial charge in [-0.15, -0.1) is 0 Å². The van der Waals surface area contributed by atoms with Crippen LogP contribution in [-0.2, 0) is 0 Å². The molecular weight excluding hydrogens is 228 g/mol. The van der Waals surface area contributed by atoms with E-state index in [1.807, 2.05) is 0 Å². The van der Waals surface area contributed by atoms with E-state index in [-0.39, 0.29) is 17.2 Å². The molecule has 18 heavy (non-hydrogen) atoms. The van der Waals surface area contributed by atoms with Crippen LogP contribution in [0.15, 0.2) is 18.2 Å². The van der Waals surface area contributed by atoms with E-state index in [1.165, 1.54) is 0 Å². The van der Waals surface area contributed by atoms with Gasteiger partial charge in [0.25, 0.3) is 5.91 Å². The highest BCUT2D eigenvalue weighted by molar-refractivity contribution is 5.94. The monoisotopic (exact) mass is 248 g/mol. The summed E-state index contributed by atoms with van der Waals surface area (Å²) in [4.78, 5) is 12.0. The summed E-state index contributed by atoms with van der Waals surface area (Å²) in [6.45, 7) is 5.56. The predicted molar refractivity (Wildman–Crippen MR) is 70.8 cm³/mol. The Kier molecular flexibility index (Phi) is 3.57. The smallest absolute Gasteiger partial charge is 0.251 e. The van der Waals surface area contributed by atoms with E-state index in [0.29, 0.717) is 17.7 Å². The second-order valence-electron chi connectivity index (χ2n) is 5.27. The van der Waals surface area contributed by atoms with Gasteiger partial charge in [0, 0.05) is 17.6 Å². The Hall–Kier alpha value is -1.55. The summed E-state index contributed by atoms with van der Waals surface area (Å²) in [7, 11) is 0. The molecule has 1 aliphatic heterocycles. The molecule has 1 amide bonds. The van der Waals surface area contributed by atoms with Gasteiger partial charge in [0.05, 0.1) is 0 Å². The van der Waals surface area contributed by atoms with E-state index in [4.69, 9.17) is 0 Å². The van der Waals surface area contributed by atoms with Crippen molar-refractivity contribution in [3.63, 3.8) is 0 Å². The first-order valence-corrected chi connectivity index (χ1v) is 6.33. The van der Waals surface area contributed by atoms with Crippen molar-refractivity contribution in [1.29, 1.82) is 0 Å². The molecule has 4 nitrogen and oxygen atoms in total. The lowest BCUT2D eigenvalue weighted by molar-refractivity contribution is 0.0942. The summed E-state index contributed by atoms with van der Waals surface area (Å²) < 4.78 is 0. The number of rotatable bonds is 3. The molecule has 0 saturated carbocycles. The Morgan fingerprint density at radius 1 is 1.56 bits per heavy atom. The Labute approximate surface area is 107 Å². The maximum absolute atomic E-state index is 12.0. The summed E-state index contributed by atoms with van der Waals surface area (Å²) in [6.07, 6.45) is 2.24. The van der Waals surface area contributed by atoms with Gasteiger partial charge in [0.1, 0.15) is 5.75 Å². The van der Waals surface area contributed by atoms with Gasteiger partial charge in [-0.1, -0.05) is 0 Å². The SMILES string of the molecule is Cc1cc(C(=O)NCC2(C)CCCN2)ccc1O. The lowest BCUT2D eigenvalue weighted by atomic mass is 10.0. The van der Waals surface area contributed by atoms with Gasteiger partial charge in [-0.05, 0) is 57.0 Å². The second kappa shape index (κ2) is 4.98. The molecule has 4 heteroatoms. The van der Waals surface area contributed by atoms with Crippen LogP contribution < -0.4 is 10.6 Å². The van der Waals surface area contributed by atoms with Crippen LogP contribution in [0.25, 0.3) is 0 Å². The number of aromatic hydroxyl groups is 1. The quantitative estimate of drug-likeness (QED) is 0.761. The average Bonchev–Trinajstić information content (AvgIpc) is 2.77. The fourth-order valence-corrected chi connectivity index (χ4v) is 2.28. The Bertz CT molecular complexity index is 451. The van der Waals surface area contributed by atoms with Crippen molar-refractivity contribution >= 4 is 5.91 Å². The van der Waals surface area contributed by atoms with E-state index in [9.17, 15) is 9.90 Å². The lowest BCUT2D eigenvalue weighted by Crippen LogP contribution is -2.47. The number of phenolic OH excluding ortho intramolecular Hbond substituents is 1. The van der Waals surface area contributed by atoms with Crippen molar-refractivity contribution in [1.82, 2.24) is 10.6 Å². The van der Waals surface area contributed by atoms with Gasteiger partial charge >= 0.3 is 0 Å². The van der Waals surface area contributed by atoms with Gasteiger partial charge in [0.2, 0.25) is 0 Å². The number of carbonyl (C=O) groups is 1. The van der Waals surface area contributed by atoms with Crippen LogP contribution in [0, 0.1) is 6.92 Å². The van der Waals surface area contributed by atoms with Crippen LogP contribution in [0.5, 0.6) is 5.75 Å². The fourth-order valence-electron chi connectivity index (χ4n) is 2.28. The van der Waals surface area contributed by atoms with Crippen LogP contribution in [0.4, 0.5) is 0 Å². The maximum atomic E-state index is 12.0. The zero-order valence-corrected chi connectivity index (χ0v) is 10.9. The largest absolute Gasteiger partial charge is 0.508 e. The van der Waals surface area contributed by atoms with Gasteiger partial charge in [-0.25, -0.2) is 0 Å². The fraction of sp³-hybridized carbons (Fsp3) is 0.500. The van der Waals surface area contributed by atoms with Crippen molar-refractivity contribution in [3.8, 4) is 5.75 Å². The first-order chi connectivity index (χ1) is 8.50. The summed E-state index contributed by atoms with van der Waals surface area (Å²) in [6, 6.07) is 4.90. The molecule has 0 aliphatic carbocycles. The number of amides is 1. The summed E-state index contributed by atoms with van der Waals surface area (Å²) >= 11 is 0. The Balaban J connectivity index is 1.97. The third-order valence-corrected chi connectivity index (χ3v) is 3.56. The molecule has 2 rings (SSSR count). The summed E-state index contributed by atoms with van der Waals surface area (Å²) in [5.74, 6) is 0.129. The molecule has 0 bridgehead atoms. The Morgan fingerprint density at radius 3 is 2.94 bits per heavy atom. The third-order valence-electron chi connectivity index (χ3n) is 3.56. The van der Waals surface area contributed by atoms with Crippen molar-refractivity contribution in [2.24, 2.45) is 0 Å². The first-order valence-electron chi connectivity index (χ1n) is 6.33. The predicted octanol–water partition coefficient (Wildman–Crippen LogP) is 1.57. The molecule has 1 heterocycles. The minimum absolute atomic E-state index is 0.0155. The zero-order valence-electron chi connectivity index (χ0n) is 10.9. The van der Waals surface area contributed by atoms with Gasteiger partial charge in [-0.2, -0.15) is 0 Å². The molecule has 98 valence electrons. The minimum atomic E-state index is -0.0898. The molecule has 1 aliphatic rings. The molecule has 1 saturated heterocycles.